The van der Waals surface area contributed by atoms with Gasteiger partial charge >= 0.3 is 0 Å². The Balaban J connectivity index is 1.66. The topological polar surface area (TPSA) is 28.7 Å². The van der Waals surface area contributed by atoms with Gasteiger partial charge in [0.15, 0.2) is 5.88 Å². The second-order valence-corrected chi connectivity index (χ2v) is 6.03. The van der Waals surface area contributed by atoms with Gasteiger partial charge in [-0.05, 0) is 48.9 Å². The van der Waals surface area contributed by atoms with Crippen LogP contribution in [0.5, 0.6) is 0 Å². The van der Waals surface area contributed by atoms with Crippen LogP contribution in [-0.4, -0.2) is 19.3 Å². The monoisotopic (exact) mass is 296 g/mol. The molecule has 0 bridgehead atoms. The van der Waals surface area contributed by atoms with Gasteiger partial charge in [-0.25, -0.2) is 0 Å². The zero-order valence-electron chi connectivity index (χ0n) is 13.5. The lowest BCUT2D eigenvalue weighted by molar-refractivity contribution is 0.550. The molecule has 0 unspecified atom stereocenters. The molecule has 3 rings (SSSR count). The molecule has 0 aliphatic carbocycles. The maximum atomic E-state index is 5.85. The van der Waals surface area contributed by atoms with Gasteiger partial charge in [0.1, 0.15) is 5.76 Å². The molecule has 1 saturated heterocycles. The third-order valence-electron chi connectivity index (χ3n) is 4.45. The minimum atomic E-state index is 0.603. The lowest BCUT2D eigenvalue weighted by atomic mass is 9.99. The molecule has 0 radical (unpaired) electrons. The molecule has 1 fully saturated rings. The summed E-state index contributed by atoms with van der Waals surface area (Å²) in [4.78, 5) is 6.80. The molecule has 1 aromatic carbocycles. The Morgan fingerprint density at radius 2 is 1.86 bits per heavy atom. The molecule has 2 aromatic rings. The maximum Gasteiger partial charge on any atom is 0.196 e. The van der Waals surface area contributed by atoms with E-state index in [1.165, 1.54) is 18.4 Å². The second kappa shape index (κ2) is 6.82. The number of nitrogens with zero attached hydrogens (tertiary/aromatic N) is 2. The van der Waals surface area contributed by atoms with Crippen molar-refractivity contribution in [3.8, 4) is 0 Å². The van der Waals surface area contributed by atoms with Crippen LogP contribution >= 0.6 is 0 Å². The van der Waals surface area contributed by atoms with Crippen LogP contribution in [0.1, 0.15) is 50.4 Å². The van der Waals surface area contributed by atoms with E-state index in [0.29, 0.717) is 5.92 Å². The van der Waals surface area contributed by atoms with E-state index in [1.54, 1.807) is 6.21 Å². The van der Waals surface area contributed by atoms with Crippen molar-refractivity contribution in [2.45, 2.75) is 39.0 Å². The van der Waals surface area contributed by atoms with Crippen LogP contribution in [0.15, 0.2) is 45.8 Å². The summed E-state index contributed by atoms with van der Waals surface area (Å²) in [6, 6.07) is 12.5. The minimum Gasteiger partial charge on any atom is -0.440 e. The average molecular weight is 296 g/mol. The van der Waals surface area contributed by atoms with Crippen molar-refractivity contribution in [3.63, 3.8) is 0 Å². The lowest BCUT2D eigenvalue weighted by Crippen LogP contribution is -2.16. The molecule has 1 aromatic heterocycles. The number of aliphatic imine (C=N–C) groups is 1. The Hall–Kier alpha value is -2.03. The van der Waals surface area contributed by atoms with E-state index in [2.05, 4.69) is 48.0 Å². The standard InChI is InChI=1S/C19H24N2O/c1-3-15(2)16-6-8-17(9-7-16)20-14-18-10-11-19(22-18)21-12-4-5-13-21/h6-11,14-15H,3-5,12-13H2,1-2H3/t15-/m1/s1. The third-order valence-corrected chi connectivity index (χ3v) is 4.45. The predicted molar refractivity (Wildman–Crippen MR) is 92.6 cm³/mol. The van der Waals surface area contributed by atoms with Gasteiger partial charge < -0.3 is 9.32 Å². The molecule has 1 aliphatic rings. The van der Waals surface area contributed by atoms with E-state index < -0.39 is 0 Å². The highest BCUT2D eigenvalue weighted by atomic mass is 16.4. The summed E-state index contributed by atoms with van der Waals surface area (Å²) in [5, 5.41) is 0. The van der Waals surface area contributed by atoms with Gasteiger partial charge in [0.2, 0.25) is 0 Å². The summed E-state index contributed by atoms with van der Waals surface area (Å²) in [7, 11) is 0. The first-order valence-corrected chi connectivity index (χ1v) is 8.25. The quantitative estimate of drug-likeness (QED) is 0.714. The van der Waals surface area contributed by atoms with Gasteiger partial charge in [-0.3, -0.25) is 4.99 Å². The number of benzene rings is 1. The number of furan rings is 1. The molecule has 22 heavy (non-hydrogen) atoms. The van der Waals surface area contributed by atoms with Crippen molar-refractivity contribution >= 4 is 17.8 Å². The first-order chi connectivity index (χ1) is 10.8. The Morgan fingerprint density at radius 3 is 2.55 bits per heavy atom. The van der Waals surface area contributed by atoms with E-state index in [1.807, 2.05) is 12.1 Å². The zero-order chi connectivity index (χ0) is 15.4. The van der Waals surface area contributed by atoms with Crippen molar-refractivity contribution in [2.75, 3.05) is 18.0 Å². The predicted octanol–water partition coefficient (Wildman–Crippen LogP) is 5.14. The number of hydrogen-bond acceptors (Lipinski definition) is 3. The van der Waals surface area contributed by atoms with Crippen LogP contribution < -0.4 is 4.90 Å². The molecule has 1 atom stereocenters. The smallest absolute Gasteiger partial charge is 0.196 e. The fourth-order valence-electron chi connectivity index (χ4n) is 2.78. The Bertz CT molecular complexity index is 621. The second-order valence-electron chi connectivity index (χ2n) is 6.03. The number of anilines is 1. The summed E-state index contributed by atoms with van der Waals surface area (Å²) in [6.07, 6.45) is 5.48. The number of hydrogen-bond donors (Lipinski definition) is 0. The first kappa shape index (κ1) is 14.9. The maximum absolute atomic E-state index is 5.85. The fraction of sp³-hybridized carbons (Fsp3) is 0.421. The van der Waals surface area contributed by atoms with E-state index in [9.17, 15) is 0 Å². The largest absolute Gasteiger partial charge is 0.440 e. The van der Waals surface area contributed by atoms with Crippen molar-refractivity contribution in [1.82, 2.24) is 0 Å². The van der Waals surface area contributed by atoms with Gasteiger partial charge in [-0.15, -0.1) is 0 Å². The van der Waals surface area contributed by atoms with E-state index >= 15 is 0 Å². The van der Waals surface area contributed by atoms with Crippen LogP contribution in [0, 0.1) is 0 Å². The van der Waals surface area contributed by atoms with Crippen LogP contribution in [0.25, 0.3) is 0 Å². The Kier molecular flexibility index (Phi) is 4.62. The number of rotatable bonds is 5. The summed E-state index contributed by atoms with van der Waals surface area (Å²) in [5.41, 5.74) is 2.34. The summed E-state index contributed by atoms with van der Waals surface area (Å²) >= 11 is 0. The molecule has 0 N–H and O–H groups in total. The molecule has 0 saturated carbocycles. The van der Waals surface area contributed by atoms with Crippen molar-refractivity contribution < 1.29 is 4.42 Å². The van der Waals surface area contributed by atoms with Gasteiger partial charge in [0.05, 0.1) is 11.9 Å². The van der Waals surface area contributed by atoms with Crippen LogP contribution in [0.4, 0.5) is 11.6 Å². The molecule has 2 heterocycles. The van der Waals surface area contributed by atoms with Crippen molar-refractivity contribution in [2.24, 2.45) is 4.99 Å². The normalized spacial score (nSPS) is 16.5. The summed E-state index contributed by atoms with van der Waals surface area (Å²) in [6.45, 7) is 6.66. The van der Waals surface area contributed by atoms with Crippen LogP contribution in [-0.2, 0) is 0 Å². The minimum absolute atomic E-state index is 0.603. The van der Waals surface area contributed by atoms with Crippen LogP contribution in [0.2, 0.25) is 0 Å². The Morgan fingerprint density at radius 1 is 1.14 bits per heavy atom. The van der Waals surface area contributed by atoms with E-state index in [-0.39, 0.29) is 0 Å². The SMILES string of the molecule is CC[C@@H](C)c1ccc(N=Cc2ccc(N3CCCC3)o2)cc1. The molecular weight excluding hydrogens is 272 g/mol. The molecule has 3 heteroatoms. The third kappa shape index (κ3) is 3.41. The summed E-state index contributed by atoms with van der Waals surface area (Å²) in [5.74, 6) is 2.38. The first-order valence-electron chi connectivity index (χ1n) is 8.25. The highest BCUT2D eigenvalue weighted by molar-refractivity contribution is 5.79. The molecule has 1 aliphatic heterocycles. The Labute approximate surface area is 132 Å². The van der Waals surface area contributed by atoms with E-state index in [4.69, 9.17) is 4.42 Å². The molecule has 3 nitrogen and oxygen atoms in total. The molecule has 116 valence electrons. The average Bonchev–Trinajstić information content (AvgIpc) is 3.23. The van der Waals surface area contributed by atoms with E-state index in [0.717, 1.165) is 36.8 Å². The van der Waals surface area contributed by atoms with Gasteiger partial charge in [0.25, 0.3) is 0 Å². The fourth-order valence-corrected chi connectivity index (χ4v) is 2.78. The van der Waals surface area contributed by atoms with Crippen molar-refractivity contribution in [3.05, 3.63) is 47.7 Å². The molecule has 0 spiro atoms. The van der Waals surface area contributed by atoms with Gasteiger partial charge in [0, 0.05) is 19.2 Å². The highest BCUT2D eigenvalue weighted by Gasteiger charge is 2.15. The molecule has 0 amide bonds. The lowest BCUT2D eigenvalue weighted by Gasteiger charge is -2.12. The van der Waals surface area contributed by atoms with Gasteiger partial charge in [-0.1, -0.05) is 26.0 Å². The van der Waals surface area contributed by atoms with Crippen molar-refractivity contribution in [1.29, 1.82) is 0 Å². The zero-order valence-corrected chi connectivity index (χ0v) is 13.5. The summed E-state index contributed by atoms with van der Waals surface area (Å²) < 4.78 is 5.85. The molecular formula is C19H24N2O. The van der Waals surface area contributed by atoms with Crippen LogP contribution in [0.3, 0.4) is 0 Å². The van der Waals surface area contributed by atoms with Gasteiger partial charge in [-0.2, -0.15) is 0 Å². The highest BCUT2D eigenvalue weighted by Crippen LogP contribution is 2.24.